The van der Waals surface area contributed by atoms with E-state index in [1.165, 1.54) is 0 Å². The van der Waals surface area contributed by atoms with Crippen molar-refractivity contribution in [3.8, 4) is 5.75 Å². The van der Waals surface area contributed by atoms with Crippen LogP contribution in [-0.4, -0.2) is 19.8 Å². The summed E-state index contributed by atoms with van der Waals surface area (Å²) in [4.78, 5) is 3.26. The minimum Gasteiger partial charge on any atom is -0.403 e. The molecule has 20 heavy (non-hydrogen) atoms. The predicted molar refractivity (Wildman–Crippen MR) is 61.5 cm³/mol. The molecule has 0 bridgehead atoms. The average molecular weight is 405 g/mol. The summed E-state index contributed by atoms with van der Waals surface area (Å²) in [5.74, 6) is -1.26. The lowest BCUT2D eigenvalue weighted by molar-refractivity contribution is -0.275. The molecule has 0 aromatic carbocycles. The second-order valence-corrected chi connectivity index (χ2v) is 6.32. The minimum absolute atomic E-state index is 0.236. The Bertz CT molecular complexity index is 607. The van der Waals surface area contributed by atoms with Crippen LogP contribution < -0.4 is 4.74 Å². The van der Waals surface area contributed by atoms with Crippen LogP contribution in [0.2, 0.25) is 0 Å². The summed E-state index contributed by atoms with van der Waals surface area (Å²) in [5, 5.41) is -1.43. The second kappa shape index (κ2) is 5.98. The molecule has 0 aliphatic rings. The van der Waals surface area contributed by atoms with E-state index in [9.17, 15) is 30.4 Å². The highest BCUT2D eigenvalue weighted by molar-refractivity contribution is 9.08. The summed E-state index contributed by atoms with van der Waals surface area (Å²) in [6.45, 7) is 0. The summed E-state index contributed by atoms with van der Waals surface area (Å²) < 4.78 is 87.6. The lowest BCUT2D eigenvalue weighted by Crippen LogP contribution is -2.20. The quantitative estimate of drug-likeness (QED) is 0.436. The maximum Gasteiger partial charge on any atom is 0.573 e. The molecule has 1 heterocycles. The lowest BCUT2D eigenvalue weighted by atomic mass is 10.2. The maximum absolute atomic E-state index is 12.8. The van der Waals surface area contributed by atoms with Crippen LogP contribution in [0.5, 0.6) is 5.75 Å². The van der Waals surface area contributed by atoms with Crippen LogP contribution in [0.3, 0.4) is 0 Å². The number of hydrogen-bond donors (Lipinski definition) is 0. The molecule has 12 heteroatoms. The molecule has 0 saturated carbocycles. The predicted octanol–water partition coefficient (Wildman–Crippen LogP) is 3.74. The third-order valence-corrected chi connectivity index (χ3v) is 3.59. The van der Waals surface area contributed by atoms with Crippen molar-refractivity contribution < 1.29 is 35.1 Å². The SMILES string of the molecule is O=S(=O)(Cl)c1cc(C(F)F)c(OC(F)(F)F)c(CBr)n1. The molecule has 0 atom stereocenters. The first kappa shape index (κ1) is 17.4. The molecule has 0 unspecified atom stereocenters. The molecule has 0 amide bonds. The van der Waals surface area contributed by atoms with Gasteiger partial charge in [-0.2, -0.15) is 0 Å². The van der Waals surface area contributed by atoms with Crippen molar-refractivity contribution in [1.29, 1.82) is 0 Å². The zero-order chi connectivity index (χ0) is 15.7. The van der Waals surface area contributed by atoms with Crippen LogP contribution in [0.4, 0.5) is 22.0 Å². The summed E-state index contributed by atoms with van der Waals surface area (Å²) in [5.41, 5.74) is -1.94. The van der Waals surface area contributed by atoms with Gasteiger partial charge in [0.1, 0.15) is 0 Å². The van der Waals surface area contributed by atoms with E-state index in [-0.39, 0.29) is 6.07 Å². The number of halogens is 7. The van der Waals surface area contributed by atoms with Crippen LogP contribution >= 0.6 is 26.6 Å². The number of hydrogen-bond acceptors (Lipinski definition) is 4. The first-order valence-electron chi connectivity index (χ1n) is 4.54. The Labute approximate surface area is 122 Å². The van der Waals surface area contributed by atoms with Crippen molar-refractivity contribution in [2.45, 2.75) is 23.1 Å². The van der Waals surface area contributed by atoms with Crippen LogP contribution in [0.25, 0.3) is 0 Å². The third-order valence-electron chi connectivity index (χ3n) is 1.88. The number of rotatable bonds is 4. The first-order chi connectivity index (χ1) is 8.95. The van der Waals surface area contributed by atoms with Gasteiger partial charge in [0.15, 0.2) is 10.8 Å². The zero-order valence-corrected chi connectivity index (χ0v) is 12.2. The number of ether oxygens (including phenoxy) is 1. The van der Waals surface area contributed by atoms with Crippen molar-refractivity contribution in [2.75, 3.05) is 0 Å². The molecule has 1 rings (SSSR count). The molecule has 1 aromatic rings. The normalized spacial score (nSPS) is 12.8. The van der Waals surface area contributed by atoms with Gasteiger partial charge in [-0.15, -0.1) is 13.2 Å². The van der Waals surface area contributed by atoms with Gasteiger partial charge in [-0.1, -0.05) is 15.9 Å². The fourth-order valence-electron chi connectivity index (χ4n) is 1.19. The monoisotopic (exact) mass is 403 g/mol. The Morgan fingerprint density at radius 1 is 1.40 bits per heavy atom. The van der Waals surface area contributed by atoms with E-state index in [2.05, 4.69) is 25.7 Å². The Hall–Kier alpha value is -0.680. The minimum atomic E-state index is -5.23. The van der Waals surface area contributed by atoms with Crippen molar-refractivity contribution in [2.24, 2.45) is 0 Å². The van der Waals surface area contributed by atoms with Gasteiger partial charge in [0.2, 0.25) is 0 Å². The highest BCUT2D eigenvalue weighted by Crippen LogP contribution is 2.37. The van der Waals surface area contributed by atoms with Crippen molar-refractivity contribution in [1.82, 2.24) is 4.98 Å². The van der Waals surface area contributed by atoms with Crippen molar-refractivity contribution in [3.05, 3.63) is 17.3 Å². The number of pyridine rings is 1. The third kappa shape index (κ3) is 4.42. The van der Waals surface area contributed by atoms with Gasteiger partial charge in [0, 0.05) is 16.0 Å². The number of alkyl halides is 6. The first-order valence-corrected chi connectivity index (χ1v) is 7.97. The zero-order valence-electron chi connectivity index (χ0n) is 9.09. The molecular formula is C8H4BrClF5NO3S. The van der Waals surface area contributed by atoms with Gasteiger partial charge in [0.25, 0.3) is 15.5 Å². The molecule has 0 aliphatic carbocycles. The van der Waals surface area contributed by atoms with Crippen molar-refractivity contribution in [3.63, 3.8) is 0 Å². The molecule has 114 valence electrons. The number of aromatic nitrogens is 1. The fourth-order valence-corrected chi connectivity index (χ4v) is 2.30. The highest BCUT2D eigenvalue weighted by atomic mass is 79.9. The molecule has 1 aromatic heterocycles. The van der Waals surface area contributed by atoms with E-state index in [0.717, 1.165) is 0 Å². The van der Waals surface area contributed by atoms with Gasteiger partial charge in [-0.3, -0.25) is 0 Å². The smallest absolute Gasteiger partial charge is 0.403 e. The van der Waals surface area contributed by atoms with E-state index in [0.29, 0.717) is 0 Å². The molecule has 0 spiro atoms. The number of nitrogens with zero attached hydrogens (tertiary/aromatic N) is 1. The van der Waals surface area contributed by atoms with E-state index < -0.39 is 49.2 Å². The molecule has 4 nitrogen and oxygen atoms in total. The van der Waals surface area contributed by atoms with Gasteiger partial charge >= 0.3 is 6.36 Å². The van der Waals surface area contributed by atoms with Gasteiger partial charge in [-0.05, 0) is 6.07 Å². The largest absolute Gasteiger partial charge is 0.573 e. The average Bonchev–Trinajstić information content (AvgIpc) is 2.25. The van der Waals surface area contributed by atoms with Gasteiger partial charge in [0.05, 0.1) is 11.3 Å². The van der Waals surface area contributed by atoms with E-state index in [4.69, 9.17) is 10.7 Å². The Morgan fingerprint density at radius 3 is 2.30 bits per heavy atom. The van der Waals surface area contributed by atoms with Gasteiger partial charge < -0.3 is 4.74 Å². The van der Waals surface area contributed by atoms with E-state index in [1.54, 1.807) is 0 Å². The summed E-state index contributed by atoms with van der Waals surface area (Å²) in [6, 6.07) is 0.236. The van der Waals surface area contributed by atoms with E-state index in [1.807, 2.05) is 0 Å². The van der Waals surface area contributed by atoms with Crippen LogP contribution in [0, 0.1) is 0 Å². The van der Waals surface area contributed by atoms with Crippen LogP contribution in [0.15, 0.2) is 11.1 Å². The molecule has 0 fully saturated rings. The van der Waals surface area contributed by atoms with E-state index >= 15 is 0 Å². The summed E-state index contributed by atoms with van der Waals surface area (Å²) in [7, 11) is 0.454. The van der Waals surface area contributed by atoms with Crippen LogP contribution in [0.1, 0.15) is 17.7 Å². The second-order valence-electron chi connectivity index (χ2n) is 3.25. The highest BCUT2D eigenvalue weighted by Gasteiger charge is 2.36. The van der Waals surface area contributed by atoms with Crippen molar-refractivity contribution >= 4 is 35.7 Å². The van der Waals surface area contributed by atoms with Crippen LogP contribution in [-0.2, 0) is 14.4 Å². The summed E-state index contributed by atoms with van der Waals surface area (Å²) in [6.07, 6.45) is -8.64. The summed E-state index contributed by atoms with van der Waals surface area (Å²) >= 11 is 2.71. The molecule has 0 aliphatic heterocycles. The standard InChI is InChI=1S/C8H4BrClF5NO3S/c9-2-4-6(19-8(13,14)15)3(7(11)12)1-5(16-4)20(10,17)18/h1,7H,2H2. The molecular weight excluding hydrogens is 401 g/mol. The topological polar surface area (TPSA) is 56.3 Å². The fraction of sp³-hybridized carbons (Fsp3) is 0.375. The maximum atomic E-state index is 12.8. The Morgan fingerprint density at radius 2 is 1.95 bits per heavy atom. The molecule has 0 radical (unpaired) electrons. The lowest BCUT2D eigenvalue weighted by Gasteiger charge is -2.16. The Balaban J connectivity index is 3.57. The molecule has 0 N–H and O–H groups in total. The van der Waals surface area contributed by atoms with Gasteiger partial charge in [-0.25, -0.2) is 22.2 Å². The molecule has 0 saturated heterocycles. The Kier molecular flexibility index (Phi) is 5.19.